The van der Waals surface area contributed by atoms with Gasteiger partial charge in [-0.1, -0.05) is 0 Å². The fourth-order valence-electron chi connectivity index (χ4n) is 1.53. The number of carbonyl (C=O) groups is 1. The molecule has 1 aromatic heterocycles. The van der Waals surface area contributed by atoms with Crippen molar-refractivity contribution >= 4 is 40.0 Å². The average Bonchev–Trinajstić information content (AvgIpc) is 2.40. The van der Waals surface area contributed by atoms with Crippen LogP contribution in [0.2, 0.25) is 0 Å². The lowest BCUT2D eigenvalue weighted by molar-refractivity contribution is 0.102. The molecular weight excluding hydrogens is 353 g/mol. The smallest absolute Gasteiger partial charge is 0.255 e. The molecule has 0 spiro atoms. The van der Waals surface area contributed by atoms with Crippen LogP contribution in [0.3, 0.4) is 0 Å². The fraction of sp³-hybridized carbons (Fsp3) is 0.143. The Kier molecular flexibility index (Phi) is 4.36. The number of hydrogen-bond donors (Lipinski definition) is 1. The normalized spacial score (nSPS) is 10.1. The molecule has 5 heteroatoms. The summed E-state index contributed by atoms with van der Waals surface area (Å²) in [6.45, 7) is 0. The number of pyridine rings is 1. The van der Waals surface area contributed by atoms with E-state index in [2.05, 4.69) is 32.9 Å². The first-order valence-electron chi connectivity index (χ1n) is 5.76. The maximum absolute atomic E-state index is 12.0. The van der Waals surface area contributed by atoms with Crippen LogP contribution in [0.4, 0.5) is 11.5 Å². The third-order valence-corrected chi connectivity index (χ3v) is 3.29. The summed E-state index contributed by atoms with van der Waals surface area (Å²) in [5, 5.41) is 2.82. The summed E-state index contributed by atoms with van der Waals surface area (Å²) in [4.78, 5) is 18.1. The third kappa shape index (κ3) is 3.66. The number of rotatable bonds is 3. The minimum absolute atomic E-state index is 0.129. The van der Waals surface area contributed by atoms with Crippen LogP contribution >= 0.6 is 22.6 Å². The Bertz CT molecular complexity index is 564. The minimum Gasteiger partial charge on any atom is -0.363 e. The summed E-state index contributed by atoms with van der Waals surface area (Å²) < 4.78 is 1.10. The van der Waals surface area contributed by atoms with Gasteiger partial charge in [-0.2, -0.15) is 0 Å². The Morgan fingerprint density at radius 3 is 2.37 bits per heavy atom. The highest BCUT2D eigenvalue weighted by Gasteiger charge is 2.06. The molecule has 0 bridgehead atoms. The molecule has 1 heterocycles. The van der Waals surface area contributed by atoms with Crippen molar-refractivity contribution in [1.29, 1.82) is 0 Å². The van der Waals surface area contributed by atoms with Gasteiger partial charge in [0.05, 0.1) is 11.9 Å². The van der Waals surface area contributed by atoms with E-state index in [0.717, 1.165) is 9.39 Å². The summed E-state index contributed by atoms with van der Waals surface area (Å²) in [6.07, 6.45) is 1.65. The number of carbonyl (C=O) groups excluding carboxylic acids is 1. The van der Waals surface area contributed by atoms with Gasteiger partial charge in [0, 0.05) is 23.2 Å². The standard InChI is InChI=1S/C14H14IN3O/c1-18(2)13-8-7-12(9-16-13)17-14(19)10-3-5-11(15)6-4-10/h3-9H,1-2H3,(H,17,19). The number of anilines is 2. The summed E-state index contributed by atoms with van der Waals surface area (Å²) in [7, 11) is 3.85. The summed E-state index contributed by atoms with van der Waals surface area (Å²) in [5.41, 5.74) is 1.33. The van der Waals surface area contributed by atoms with Crippen molar-refractivity contribution in [2.75, 3.05) is 24.3 Å². The lowest BCUT2D eigenvalue weighted by Gasteiger charge is -2.11. The van der Waals surface area contributed by atoms with E-state index in [-0.39, 0.29) is 5.91 Å². The van der Waals surface area contributed by atoms with E-state index in [9.17, 15) is 4.79 Å². The topological polar surface area (TPSA) is 45.2 Å². The molecule has 98 valence electrons. The van der Waals surface area contributed by atoms with Gasteiger partial charge in [0.2, 0.25) is 0 Å². The van der Waals surface area contributed by atoms with Crippen LogP contribution in [0.5, 0.6) is 0 Å². The van der Waals surface area contributed by atoms with Crippen molar-refractivity contribution in [3.05, 3.63) is 51.7 Å². The zero-order valence-electron chi connectivity index (χ0n) is 10.7. The van der Waals surface area contributed by atoms with Crippen molar-refractivity contribution in [3.63, 3.8) is 0 Å². The van der Waals surface area contributed by atoms with E-state index >= 15 is 0 Å². The van der Waals surface area contributed by atoms with Gasteiger partial charge < -0.3 is 10.2 Å². The molecule has 2 aromatic rings. The number of nitrogens with one attached hydrogen (secondary N) is 1. The second kappa shape index (κ2) is 6.01. The van der Waals surface area contributed by atoms with Gasteiger partial charge in [-0.15, -0.1) is 0 Å². The van der Waals surface area contributed by atoms with E-state index < -0.39 is 0 Å². The predicted molar refractivity (Wildman–Crippen MR) is 85.7 cm³/mol. The lowest BCUT2D eigenvalue weighted by Crippen LogP contribution is -2.13. The fourth-order valence-corrected chi connectivity index (χ4v) is 1.89. The van der Waals surface area contributed by atoms with Crippen LogP contribution in [-0.2, 0) is 0 Å². The highest BCUT2D eigenvalue weighted by Crippen LogP contribution is 2.13. The third-order valence-electron chi connectivity index (χ3n) is 2.57. The molecule has 0 aliphatic heterocycles. The van der Waals surface area contributed by atoms with Crippen LogP contribution in [0.1, 0.15) is 10.4 Å². The number of hydrogen-bond acceptors (Lipinski definition) is 3. The highest BCUT2D eigenvalue weighted by molar-refractivity contribution is 14.1. The molecule has 1 N–H and O–H groups in total. The van der Waals surface area contributed by atoms with Crippen LogP contribution in [0.15, 0.2) is 42.6 Å². The monoisotopic (exact) mass is 367 g/mol. The highest BCUT2D eigenvalue weighted by atomic mass is 127. The maximum atomic E-state index is 12.0. The molecule has 0 radical (unpaired) electrons. The summed E-state index contributed by atoms with van der Waals surface area (Å²) in [5.74, 6) is 0.725. The first kappa shape index (κ1) is 13.8. The molecule has 1 amide bonds. The molecule has 0 saturated carbocycles. The van der Waals surface area contributed by atoms with E-state index in [1.807, 2.05) is 43.3 Å². The van der Waals surface area contributed by atoms with E-state index in [1.54, 1.807) is 18.3 Å². The second-order valence-electron chi connectivity index (χ2n) is 4.26. The van der Waals surface area contributed by atoms with Gasteiger partial charge in [-0.05, 0) is 59.0 Å². The van der Waals surface area contributed by atoms with E-state index in [0.29, 0.717) is 11.3 Å². The minimum atomic E-state index is -0.129. The van der Waals surface area contributed by atoms with Crippen molar-refractivity contribution in [2.24, 2.45) is 0 Å². The van der Waals surface area contributed by atoms with Crippen LogP contribution in [0.25, 0.3) is 0 Å². The maximum Gasteiger partial charge on any atom is 0.255 e. The quantitative estimate of drug-likeness (QED) is 0.849. The molecular formula is C14H14IN3O. The van der Waals surface area contributed by atoms with Crippen molar-refractivity contribution in [2.45, 2.75) is 0 Å². The number of aromatic nitrogens is 1. The Morgan fingerprint density at radius 1 is 1.16 bits per heavy atom. The molecule has 0 saturated heterocycles. The van der Waals surface area contributed by atoms with Crippen LogP contribution in [-0.4, -0.2) is 25.0 Å². The lowest BCUT2D eigenvalue weighted by atomic mass is 10.2. The number of halogens is 1. The molecule has 4 nitrogen and oxygen atoms in total. The van der Waals surface area contributed by atoms with Gasteiger partial charge in [-0.25, -0.2) is 4.98 Å². The number of benzene rings is 1. The molecule has 0 atom stereocenters. The van der Waals surface area contributed by atoms with Crippen molar-refractivity contribution < 1.29 is 4.79 Å². The van der Waals surface area contributed by atoms with Gasteiger partial charge in [0.15, 0.2) is 0 Å². The average molecular weight is 367 g/mol. The molecule has 2 rings (SSSR count). The first-order chi connectivity index (χ1) is 9.06. The molecule has 0 fully saturated rings. The SMILES string of the molecule is CN(C)c1ccc(NC(=O)c2ccc(I)cc2)cn1. The zero-order chi connectivity index (χ0) is 13.8. The Morgan fingerprint density at radius 2 is 1.84 bits per heavy atom. The molecule has 0 aliphatic carbocycles. The van der Waals surface area contributed by atoms with Gasteiger partial charge in [0.25, 0.3) is 5.91 Å². The number of amides is 1. The molecule has 0 unspecified atom stereocenters. The van der Waals surface area contributed by atoms with Crippen molar-refractivity contribution in [1.82, 2.24) is 4.98 Å². The second-order valence-corrected chi connectivity index (χ2v) is 5.51. The summed E-state index contributed by atoms with van der Waals surface area (Å²) in [6, 6.07) is 11.1. The van der Waals surface area contributed by atoms with Crippen LogP contribution < -0.4 is 10.2 Å². The van der Waals surface area contributed by atoms with Gasteiger partial charge >= 0.3 is 0 Å². The molecule has 19 heavy (non-hydrogen) atoms. The molecule has 0 aliphatic rings. The Labute approximate surface area is 126 Å². The predicted octanol–water partition coefficient (Wildman–Crippen LogP) is 3.00. The Balaban J connectivity index is 2.08. The van der Waals surface area contributed by atoms with E-state index in [1.165, 1.54) is 0 Å². The van der Waals surface area contributed by atoms with Crippen LogP contribution in [0, 0.1) is 3.57 Å². The van der Waals surface area contributed by atoms with Gasteiger partial charge in [0.1, 0.15) is 5.82 Å². The van der Waals surface area contributed by atoms with Crippen molar-refractivity contribution in [3.8, 4) is 0 Å². The largest absolute Gasteiger partial charge is 0.363 e. The van der Waals surface area contributed by atoms with E-state index in [4.69, 9.17) is 0 Å². The first-order valence-corrected chi connectivity index (χ1v) is 6.84. The van der Waals surface area contributed by atoms with Gasteiger partial charge in [-0.3, -0.25) is 4.79 Å². The summed E-state index contributed by atoms with van der Waals surface area (Å²) >= 11 is 2.21. The number of nitrogens with zero attached hydrogens (tertiary/aromatic N) is 2. The zero-order valence-corrected chi connectivity index (χ0v) is 12.9. The Hall–Kier alpha value is -1.63. The molecule has 1 aromatic carbocycles.